The zero-order valence-electron chi connectivity index (χ0n) is 18.7. The minimum atomic E-state index is -0.165. The lowest BCUT2D eigenvalue weighted by Crippen LogP contribution is -2.15. The minimum absolute atomic E-state index is 0.165. The van der Waals surface area contributed by atoms with Crippen molar-refractivity contribution in [3.05, 3.63) is 77.9 Å². The van der Waals surface area contributed by atoms with E-state index in [1.165, 1.54) is 0 Å². The number of fused-ring (bicyclic) bond motifs is 1. The molecule has 1 heterocycles. The highest BCUT2D eigenvalue weighted by atomic mass is 35.5. The van der Waals surface area contributed by atoms with E-state index in [-0.39, 0.29) is 18.9 Å². The van der Waals surface area contributed by atoms with Gasteiger partial charge in [0.2, 0.25) is 5.91 Å². The van der Waals surface area contributed by atoms with Crippen LogP contribution in [-0.2, 0) is 4.79 Å². The van der Waals surface area contributed by atoms with Gasteiger partial charge in [0.15, 0.2) is 11.5 Å². The van der Waals surface area contributed by atoms with E-state index in [1.807, 2.05) is 18.2 Å². The first-order valence-corrected chi connectivity index (χ1v) is 10.9. The summed E-state index contributed by atoms with van der Waals surface area (Å²) in [5.41, 5.74) is 1.37. The fraction of sp³-hybridized carbons (Fsp3) is 0.154. The Morgan fingerprint density at radius 1 is 0.912 bits per heavy atom. The topological polar surface area (TPSA) is 78.9 Å². The molecule has 0 aliphatic carbocycles. The molecule has 0 unspecified atom stereocenters. The fourth-order valence-electron chi connectivity index (χ4n) is 3.31. The summed E-state index contributed by atoms with van der Waals surface area (Å²) in [5, 5.41) is 4.14. The van der Waals surface area contributed by atoms with Crippen LogP contribution in [0.15, 0.2) is 72.9 Å². The van der Waals surface area contributed by atoms with Crippen LogP contribution in [-0.4, -0.2) is 31.7 Å². The lowest BCUT2D eigenvalue weighted by Gasteiger charge is -2.13. The minimum Gasteiger partial charge on any atom is -0.493 e. The van der Waals surface area contributed by atoms with Crippen LogP contribution in [0.2, 0.25) is 5.02 Å². The number of halogens is 1. The number of pyridine rings is 1. The second-order valence-electron chi connectivity index (χ2n) is 7.24. The number of anilines is 1. The molecule has 1 aromatic heterocycles. The zero-order chi connectivity index (χ0) is 23.9. The maximum atomic E-state index is 12.2. The van der Waals surface area contributed by atoms with E-state index in [0.29, 0.717) is 39.5 Å². The van der Waals surface area contributed by atoms with Gasteiger partial charge in [-0.25, -0.2) is 0 Å². The van der Waals surface area contributed by atoms with Gasteiger partial charge in [0, 0.05) is 23.3 Å². The fourth-order valence-corrected chi connectivity index (χ4v) is 3.50. The molecule has 0 radical (unpaired) electrons. The lowest BCUT2D eigenvalue weighted by atomic mass is 10.2. The van der Waals surface area contributed by atoms with Crippen molar-refractivity contribution in [2.24, 2.45) is 0 Å². The summed E-state index contributed by atoms with van der Waals surface area (Å²) in [6.07, 6.45) is 1.86. The largest absolute Gasteiger partial charge is 0.493 e. The molecule has 0 spiro atoms. The third-order valence-corrected chi connectivity index (χ3v) is 5.31. The van der Waals surface area contributed by atoms with Gasteiger partial charge in [-0.3, -0.25) is 9.78 Å². The SMILES string of the molecule is COc1cc2nccc(Oc3ccc(NC(=O)CCOc4ccccc4Cl)cc3)c2cc1OC. The maximum absolute atomic E-state index is 12.2. The van der Waals surface area contributed by atoms with Crippen molar-refractivity contribution in [3.63, 3.8) is 0 Å². The Kier molecular flexibility index (Phi) is 7.34. The highest BCUT2D eigenvalue weighted by Gasteiger charge is 2.12. The monoisotopic (exact) mass is 478 g/mol. The number of carbonyl (C=O) groups excluding carboxylic acids is 1. The van der Waals surface area contributed by atoms with E-state index in [2.05, 4.69) is 10.3 Å². The third kappa shape index (κ3) is 5.50. The predicted octanol–water partition coefficient (Wildman–Crippen LogP) is 6.11. The quantitative estimate of drug-likeness (QED) is 0.313. The average Bonchev–Trinajstić information content (AvgIpc) is 2.85. The summed E-state index contributed by atoms with van der Waals surface area (Å²) >= 11 is 6.05. The second kappa shape index (κ2) is 10.8. The number of benzene rings is 3. The molecule has 0 fully saturated rings. The van der Waals surface area contributed by atoms with Crippen molar-refractivity contribution in [2.45, 2.75) is 6.42 Å². The molecule has 0 saturated heterocycles. The molecule has 3 aromatic carbocycles. The number of nitrogens with one attached hydrogen (secondary N) is 1. The second-order valence-corrected chi connectivity index (χ2v) is 7.64. The van der Waals surface area contributed by atoms with E-state index in [9.17, 15) is 4.79 Å². The Balaban J connectivity index is 1.38. The number of methoxy groups -OCH3 is 2. The number of carbonyl (C=O) groups is 1. The summed E-state index contributed by atoms with van der Waals surface area (Å²) in [4.78, 5) is 16.6. The van der Waals surface area contributed by atoms with Crippen LogP contribution >= 0.6 is 11.6 Å². The molecule has 0 aliphatic heterocycles. The number of hydrogen-bond donors (Lipinski definition) is 1. The van der Waals surface area contributed by atoms with E-state index in [1.54, 1.807) is 68.9 Å². The van der Waals surface area contributed by atoms with Crippen LogP contribution in [0.25, 0.3) is 10.9 Å². The zero-order valence-corrected chi connectivity index (χ0v) is 19.5. The standard InChI is InChI=1S/C26H23ClN2O5/c1-31-24-15-19-21(16-25(24)32-2)28-13-11-22(19)34-18-9-7-17(8-10-18)29-26(30)12-14-33-23-6-4-3-5-20(23)27/h3-11,13,15-16H,12,14H2,1-2H3,(H,29,30). The van der Waals surface area contributed by atoms with Crippen molar-refractivity contribution < 1.29 is 23.7 Å². The van der Waals surface area contributed by atoms with Crippen molar-refractivity contribution >= 4 is 34.1 Å². The number of rotatable bonds is 9. The molecule has 0 bridgehead atoms. The molecule has 0 aliphatic rings. The van der Waals surface area contributed by atoms with Gasteiger partial charge in [0.05, 0.1) is 37.8 Å². The van der Waals surface area contributed by atoms with Gasteiger partial charge in [0.25, 0.3) is 0 Å². The Bertz CT molecular complexity index is 1290. The van der Waals surface area contributed by atoms with Gasteiger partial charge in [-0.15, -0.1) is 0 Å². The highest BCUT2D eigenvalue weighted by molar-refractivity contribution is 6.32. The Morgan fingerprint density at radius 3 is 2.38 bits per heavy atom. The van der Waals surface area contributed by atoms with Gasteiger partial charge >= 0.3 is 0 Å². The van der Waals surface area contributed by atoms with Crippen LogP contribution < -0.4 is 24.3 Å². The first-order valence-electron chi connectivity index (χ1n) is 10.5. The molecule has 7 nitrogen and oxygen atoms in total. The smallest absolute Gasteiger partial charge is 0.227 e. The molecule has 4 aromatic rings. The summed E-state index contributed by atoms with van der Waals surface area (Å²) < 4.78 is 22.4. The molecule has 1 amide bonds. The van der Waals surface area contributed by atoms with E-state index < -0.39 is 0 Å². The van der Waals surface area contributed by atoms with Crippen molar-refractivity contribution in [1.82, 2.24) is 4.98 Å². The van der Waals surface area contributed by atoms with Crippen molar-refractivity contribution in [3.8, 4) is 28.7 Å². The molecule has 1 N–H and O–H groups in total. The Hall–Kier alpha value is -3.97. The first-order chi connectivity index (χ1) is 16.6. The molecule has 4 rings (SSSR count). The van der Waals surface area contributed by atoms with Crippen LogP contribution in [0.3, 0.4) is 0 Å². The highest BCUT2D eigenvalue weighted by Crippen LogP contribution is 2.37. The van der Waals surface area contributed by atoms with Gasteiger partial charge in [-0.05, 0) is 48.5 Å². The van der Waals surface area contributed by atoms with E-state index in [0.717, 1.165) is 10.9 Å². The average molecular weight is 479 g/mol. The summed E-state index contributed by atoms with van der Waals surface area (Å²) in [7, 11) is 3.16. The molecule has 8 heteroatoms. The number of nitrogens with zero attached hydrogens (tertiary/aromatic N) is 1. The van der Waals surface area contributed by atoms with Gasteiger partial charge in [0.1, 0.15) is 17.2 Å². The first kappa shape index (κ1) is 23.2. The molecule has 34 heavy (non-hydrogen) atoms. The maximum Gasteiger partial charge on any atom is 0.227 e. The van der Waals surface area contributed by atoms with Crippen LogP contribution in [0, 0.1) is 0 Å². The normalized spacial score (nSPS) is 10.6. The number of ether oxygens (including phenoxy) is 4. The van der Waals surface area contributed by atoms with E-state index >= 15 is 0 Å². The van der Waals surface area contributed by atoms with Crippen LogP contribution in [0.1, 0.15) is 6.42 Å². The number of aromatic nitrogens is 1. The molecule has 174 valence electrons. The lowest BCUT2D eigenvalue weighted by molar-refractivity contribution is -0.116. The number of hydrogen-bond acceptors (Lipinski definition) is 6. The Morgan fingerprint density at radius 2 is 1.65 bits per heavy atom. The molecule has 0 atom stereocenters. The van der Waals surface area contributed by atoms with Gasteiger partial charge in [-0.2, -0.15) is 0 Å². The van der Waals surface area contributed by atoms with Crippen molar-refractivity contribution in [2.75, 3.05) is 26.1 Å². The molecule has 0 saturated carbocycles. The summed E-state index contributed by atoms with van der Waals surface area (Å²) in [6.45, 7) is 0.222. The van der Waals surface area contributed by atoms with Crippen LogP contribution in [0.4, 0.5) is 5.69 Å². The predicted molar refractivity (Wildman–Crippen MR) is 132 cm³/mol. The van der Waals surface area contributed by atoms with Crippen molar-refractivity contribution in [1.29, 1.82) is 0 Å². The summed E-state index contributed by atoms with van der Waals surface area (Å²) in [6, 6.07) is 19.7. The van der Waals surface area contributed by atoms with E-state index in [4.69, 9.17) is 30.5 Å². The summed E-state index contributed by atoms with van der Waals surface area (Å²) in [5.74, 6) is 2.81. The molecular formula is C26H23ClN2O5. The van der Waals surface area contributed by atoms with Crippen LogP contribution in [0.5, 0.6) is 28.7 Å². The molecular weight excluding hydrogens is 456 g/mol. The number of para-hydroxylation sites is 1. The van der Waals surface area contributed by atoms with Gasteiger partial charge < -0.3 is 24.3 Å². The Labute approximate surface area is 202 Å². The third-order valence-electron chi connectivity index (χ3n) is 5.00. The number of amides is 1. The van der Waals surface area contributed by atoms with Gasteiger partial charge in [-0.1, -0.05) is 23.7 Å².